The number of benzene rings is 1. The number of unbranched alkanes of at least 4 members (excludes halogenated alkanes) is 1. The zero-order valence-electron chi connectivity index (χ0n) is 18.2. The van der Waals surface area contributed by atoms with Gasteiger partial charge < -0.3 is 19.3 Å². The first kappa shape index (κ1) is 22.5. The summed E-state index contributed by atoms with van der Waals surface area (Å²) in [5, 5.41) is 0.437. The van der Waals surface area contributed by atoms with Crippen LogP contribution in [0, 0.1) is 12.7 Å². The summed E-state index contributed by atoms with van der Waals surface area (Å²) in [5.74, 6) is 0.192. The van der Waals surface area contributed by atoms with Crippen LogP contribution in [0.4, 0.5) is 4.39 Å². The standard InChI is InChI=1S/C22H30FN3O3S/c1-5-6-8-25-9-7-10-26(12-11-25)22(27)20-15(2)24-21(30-20)19-17(23)13-16(28-3)14-18(19)29-4/h13-14H,5-12H2,1-4H3. The molecule has 30 heavy (non-hydrogen) atoms. The monoisotopic (exact) mass is 435 g/mol. The molecule has 0 atom stereocenters. The Labute approximate surface area is 181 Å². The number of carbonyl (C=O) groups is 1. The summed E-state index contributed by atoms with van der Waals surface area (Å²) < 4.78 is 25.2. The van der Waals surface area contributed by atoms with Crippen LogP contribution >= 0.6 is 11.3 Å². The average molecular weight is 436 g/mol. The van der Waals surface area contributed by atoms with Gasteiger partial charge in [-0.1, -0.05) is 13.3 Å². The van der Waals surface area contributed by atoms with E-state index in [2.05, 4.69) is 16.8 Å². The van der Waals surface area contributed by atoms with Crippen LogP contribution in [0.1, 0.15) is 41.6 Å². The van der Waals surface area contributed by atoms with Crippen molar-refractivity contribution in [1.29, 1.82) is 0 Å². The summed E-state index contributed by atoms with van der Waals surface area (Å²) in [6.07, 6.45) is 3.31. The molecule has 0 bridgehead atoms. The predicted molar refractivity (Wildman–Crippen MR) is 117 cm³/mol. The summed E-state index contributed by atoms with van der Waals surface area (Å²) in [7, 11) is 2.95. The van der Waals surface area contributed by atoms with Crippen LogP contribution in [-0.4, -0.2) is 67.6 Å². The Bertz CT molecular complexity index is 887. The van der Waals surface area contributed by atoms with Crippen molar-refractivity contribution in [3.63, 3.8) is 0 Å². The number of aryl methyl sites for hydroxylation is 1. The van der Waals surface area contributed by atoms with Crippen molar-refractivity contribution in [3.05, 3.63) is 28.5 Å². The van der Waals surface area contributed by atoms with Crippen LogP contribution < -0.4 is 9.47 Å². The van der Waals surface area contributed by atoms with Crippen molar-refractivity contribution in [1.82, 2.24) is 14.8 Å². The van der Waals surface area contributed by atoms with Crippen molar-refractivity contribution in [3.8, 4) is 22.1 Å². The molecule has 1 aliphatic rings. The second-order valence-corrected chi connectivity index (χ2v) is 8.46. The van der Waals surface area contributed by atoms with Gasteiger partial charge in [-0.25, -0.2) is 9.37 Å². The van der Waals surface area contributed by atoms with E-state index < -0.39 is 5.82 Å². The molecule has 1 aliphatic heterocycles. The van der Waals surface area contributed by atoms with Crippen molar-refractivity contribution in [2.24, 2.45) is 0 Å². The summed E-state index contributed by atoms with van der Waals surface area (Å²) >= 11 is 1.22. The van der Waals surface area contributed by atoms with Crippen molar-refractivity contribution >= 4 is 17.2 Å². The number of rotatable bonds is 7. The van der Waals surface area contributed by atoms with E-state index in [0.29, 0.717) is 33.6 Å². The van der Waals surface area contributed by atoms with E-state index in [4.69, 9.17) is 9.47 Å². The Hall–Kier alpha value is -2.19. The molecule has 0 aliphatic carbocycles. The quantitative estimate of drug-likeness (QED) is 0.652. The van der Waals surface area contributed by atoms with E-state index in [0.717, 1.165) is 32.6 Å². The van der Waals surface area contributed by atoms with Crippen molar-refractivity contribution in [2.45, 2.75) is 33.1 Å². The minimum absolute atomic E-state index is 0.0264. The Morgan fingerprint density at radius 2 is 2.00 bits per heavy atom. The molecule has 2 heterocycles. The molecular formula is C22H30FN3O3S. The van der Waals surface area contributed by atoms with Crippen LogP contribution in [-0.2, 0) is 0 Å². The molecular weight excluding hydrogens is 405 g/mol. The van der Waals surface area contributed by atoms with Crippen LogP contribution in [0.25, 0.3) is 10.6 Å². The fraction of sp³-hybridized carbons (Fsp3) is 0.545. The van der Waals surface area contributed by atoms with Crippen molar-refractivity contribution in [2.75, 3.05) is 46.9 Å². The number of carbonyl (C=O) groups excluding carboxylic acids is 1. The van der Waals surface area contributed by atoms with Gasteiger partial charge in [-0.3, -0.25) is 4.79 Å². The number of halogens is 1. The van der Waals surface area contributed by atoms with Crippen LogP contribution in [0.2, 0.25) is 0 Å². The molecule has 1 aromatic carbocycles. The topological polar surface area (TPSA) is 54.9 Å². The number of ether oxygens (including phenoxy) is 2. The lowest BCUT2D eigenvalue weighted by Gasteiger charge is -2.21. The molecule has 1 fully saturated rings. The molecule has 3 rings (SSSR count). The second kappa shape index (κ2) is 10.2. The lowest BCUT2D eigenvalue weighted by Crippen LogP contribution is -2.35. The fourth-order valence-electron chi connectivity index (χ4n) is 3.67. The first-order valence-electron chi connectivity index (χ1n) is 10.4. The Morgan fingerprint density at radius 1 is 1.20 bits per heavy atom. The third-order valence-electron chi connectivity index (χ3n) is 5.39. The molecule has 0 saturated carbocycles. The zero-order chi connectivity index (χ0) is 21.7. The molecule has 0 spiro atoms. The molecule has 0 radical (unpaired) electrons. The molecule has 2 aromatic rings. The first-order chi connectivity index (χ1) is 14.5. The summed E-state index contributed by atoms with van der Waals surface area (Å²) in [6.45, 7) is 8.41. The van der Waals surface area contributed by atoms with Gasteiger partial charge in [0.05, 0.1) is 25.5 Å². The average Bonchev–Trinajstić information content (AvgIpc) is 2.97. The largest absolute Gasteiger partial charge is 0.497 e. The molecule has 0 unspecified atom stereocenters. The second-order valence-electron chi connectivity index (χ2n) is 7.46. The van der Waals surface area contributed by atoms with Gasteiger partial charge in [-0.15, -0.1) is 11.3 Å². The molecule has 6 nitrogen and oxygen atoms in total. The highest BCUT2D eigenvalue weighted by Gasteiger charge is 2.26. The number of methoxy groups -OCH3 is 2. The normalized spacial score (nSPS) is 15.2. The van der Waals surface area contributed by atoms with Crippen LogP contribution in [0.5, 0.6) is 11.5 Å². The Morgan fingerprint density at radius 3 is 2.70 bits per heavy atom. The highest BCUT2D eigenvalue weighted by Crippen LogP contribution is 2.39. The number of nitrogens with zero attached hydrogens (tertiary/aromatic N) is 3. The molecule has 164 valence electrons. The maximum Gasteiger partial charge on any atom is 0.265 e. The molecule has 8 heteroatoms. The lowest BCUT2D eigenvalue weighted by atomic mass is 10.2. The number of amides is 1. The van der Waals surface area contributed by atoms with Gasteiger partial charge in [-0.05, 0) is 32.9 Å². The highest BCUT2D eigenvalue weighted by atomic mass is 32.1. The van der Waals surface area contributed by atoms with Gasteiger partial charge >= 0.3 is 0 Å². The SMILES string of the molecule is CCCCN1CCCN(C(=O)c2sc(-c3c(F)cc(OC)cc3OC)nc2C)CC1. The number of thiazole rings is 1. The first-order valence-corrected chi connectivity index (χ1v) is 11.2. The third kappa shape index (κ3) is 4.92. The molecule has 0 N–H and O–H groups in total. The zero-order valence-corrected chi connectivity index (χ0v) is 19.0. The van der Waals surface area contributed by atoms with E-state index in [1.54, 1.807) is 13.0 Å². The summed E-state index contributed by atoms with van der Waals surface area (Å²) in [5.41, 5.74) is 0.872. The Balaban J connectivity index is 1.82. The highest BCUT2D eigenvalue weighted by molar-refractivity contribution is 7.17. The maximum absolute atomic E-state index is 14.8. The van der Waals surface area contributed by atoms with Crippen molar-refractivity contribution < 1.29 is 18.7 Å². The van der Waals surface area contributed by atoms with Gasteiger partial charge in [0.25, 0.3) is 5.91 Å². The van der Waals surface area contributed by atoms with Crippen LogP contribution in [0.3, 0.4) is 0 Å². The van der Waals surface area contributed by atoms with E-state index in [9.17, 15) is 9.18 Å². The lowest BCUT2D eigenvalue weighted by molar-refractivity contribution is 0.0765. The van der Waals surface area contributed by atoms with E-state index >= 15 is 0 Å². The van der Waals surface area contributed by atoms with Gasteiger partial charge in [0.2, 0.25) is 0 Å². The summed E-state index contributed by atoms with van der Waals surface area (Å²) in [4.78, 5) is 22.6. The van der Waals surface area contributed by atoms with Crippen LogP contribution in [0.15, 0.2) is 12.1 Å². The van der Waals surface area contributed by atoms with Gasteiger partial charge in [-0.2, -0.15) is 0 Å². The van der Waals surface area contributed by atoms with Gasteiger partial charge in [0, 0.05) is 31.8 Å². The van der Waals surface area contributed by atoms with E-state index in [1.807, 2.05) is 4.90 Å². The minimum atomic E-state index is -0.486. The smallest absolute Gasteiger partial charge is 0.265 e. The third-order valence-corrected chi connectivity index (χ3v) is 6.55. The molecule has 1 saturated heterocycles. The Kier molecular flexibility index (Phi) is 7.66. The van der Waals surface area contributed by atoms with E-state index in [-0.39, 0.29) is 11.5 Å². The van der Waals surface area contributed by atoms with E-state index in [1.165, 1.54) is 44.5 Å². The fourth-order valence-corrected chi connectivity index (χ4v) is 4.75. The molecule has 1 aromatic heterocycles. The minimum Gasteiger partial charge on any atom is -0.497 e. The number of aromatic nitrogens is 1. The van der Waals surface area contributed by atoms with Gasteiger partial charge in [0.1, 0.15) is 27.2 Å². The maximum atomic E-state index is 14.8. The molecule has 1 amide bonds. The van der Waals surface area contributed by atoms with Gasteiger partial charge in [0.15, 0.2) is 0 Å². The number of hydrogen-bond donors (Lipinski definition) is 0. The number of hydrogen-bond acceptors (Lipinski definition) is 6. The summed E-state index contributed by atoms with van der Waals surface area (Å²) in [6, 6.07) is 2.92. The predicted octanol–water partition coefficient (Wildman–Crippen LogP) is 4.22.